The van der Waals surface area contributed by atoms with Crippen LogP contribution < -0.4 is 10.6 Å². The van der Waals surface area contributed by atoms with Crippen molar-refractivity contribution in [3.8, 4) is 10.6 Å². The average molecular weight is 315 g/mol. The molecule has 0 saturated carbocycles. The smallest absolute Gasteiger partial charge is 0.319 e. The third-order valence-electron chi connectivity index (χ3n) is 3.55. The van der Waals surface area contributed by atoms with Gasteiger partial charge in [0, 0.05) is 41.4 Å². The highest BCUT2D eigenvalue weighted by Gasteiger charge is 2.19. The summed E-state index contributed by atoms with van der Waals surface area (Å²) in [6.07, 6.45) is 6.38. The minimum atomic E-state index is -0.241. The molecule has 0 saturated heterocycles. The molecular weight excluding hydrogens is 298 g/mol. The molecule has 22 heavy (non-hydrogen) atoms. The van der Waals surface area contributed by atoms with E-state index in [1.54, 1.807) is 17.5 Å². The molecule has 1 aliphatic rings. The molecule has 2 amide bonds. The molecule has 0 bridgehead atoms. The van der Waals surface area contributed by atoms with Gasteiger partial charge in [0.15, 0.2) is 0 Å². The van der Waals surface area contributed by atoms with Crippen molar-refractivity contribution >= 4 is 23.1 Å². The maximum atomic E-state index is 11.9. The van der Waals surface area contributed by atoms with Crippen molar-refractivity contribution in [3.05, 3.63) is 48.0 Å². The van der Waals surface area contributed by atoms with E-state index in [4.69, 9.17) is 5.11 Å². The summed E-state index contributed by atoms with van der Waals surface area (Å²) in [6, 6.07) is 7.33. The number of thiazole rings is 1. The number of hydrogen-bond acceptors (Lipinski definition) is 4. The van der Waals surface area contributed by atoms with Crippen LogP contribution in [0.1, 0.15) is 6.42 Å². The first-order valence-electron chi connectivity index (χ1n) is 7.11. The second-order valence-corrected chi connectivity index (χ2v) is 6.08. The Morgan fingerprint density at radius 1 is 1.32 bits per heavy atom. The largest absolute Gasteiger partial charge is 0.396 e. The topological polar surface area (TPSA) is 74.2 Å². The molecule has 3 rings (SSSR count). The molecule has 3 N–H and O–H groups in total. The van der Waals surface area contributed by atoms with E-state index < -0.39 is 0 Å². The van der Waals surface area contributed by atoms with Gasteiger partial charge in [0.05, 0.1) is 0 Å². The van der Waals surface area contributed by atoms with Crippen molar-refractivity contribution < 1.29 is 9.90 Å². The first-order chi connectivity index (χ1) is 10.7. The third-order valence-corrected chi connectivity index (χ3v) is 4.37. The number of anilines is 1. The maximum absolute atomic E-state index is 11.9. The first-order valence-corrected chi connectivity index (χ1v) is 7.99. The van der Waals surface area contributed by atoms with Crippen LogP contribution in [-0.2, 0) is 0 Å². The maximum Gasteiger partial charge on any atom is 0.319 e. The van der Waals surface area contributed by atoms with Crippen LogP contribution in [0.15, 0.2) is 48.0 Å². The average Bonchev–Trinajstić information content (AvgIpc) is 3.19. The molecule has 5 nitrogen and oxygen atoms in total. The molecule has 0 unspecified atom stereocenters. The van der Waals surface area contributed by atoms with E-state index in [1.807, 2.05) is 41.8 Å². The van der Waals surface area contributed by atoms with Crippen LogP contribution >= 0.6 is 11.3 Å². The van der Waals surface area contributed by atoms with Crippen LogP contribution in [0.25, 0.3) is 10.6 Å². The lowest BCUT2D eigenvalue weighted by atomic mass is 10.1. The Bertz CT molecular complexity index is 653. The number of hydrogen-bond donors (Lipinski definition) is 3. The lowest BCUT2D eigenvalue weighted by molar-refractivity contribution is 0.238. The molecule has 114 valence electrons. The van der Waals surface area contributed by atoms with Crippen LogP contribution in [0.4, 0.5) is 10.5 Å². The molecule has 6 heteroatoms. The zero-order valence-corrected chi connectivity index (χ0v) is 12.7. The molecular formula is C16H17N3O2S. The molecule has 1 aromatic carbocycles. The van der Waals surface area contributed by atoms with E-state index in [0.717, 1.165) is 22.7 Å². The van der Waals surface area contributed by atoms with Crippen molar-refractivity contribution in [1.29, 1.82) is 0 Å². The summed E-state index contributed by atoms with van der Waals surface area (Å²) in [5.41, 5.74) is 1.77. The van der Waals surface area contributed by atoms with Crippen molar-refractivity contribution in [2.24, 2.45) is 5.92 Å². The van der Waals surface area contributed by atoms with E-state index in [0.29, 0.717) is 0 Å². The Labute approximate surface area is 132 Å². The van der Waals surface area contributed by atoms with Crippen LogP contribution in [0.5, 0.6) is 0 Å². The lowest BCUT2D eigenvalue weighted by Crippen LogP contribution is -2.36. The van der Waals surface area contributed by atoms with Crippen molar-refractivity contribution in [2.45, 2.75) is 12.5 Å². The van der Waals surface area contributed by atoms with E-state index in [1.165, 1.54) is 0 Å². The zero-order valence-electron chi connectivity index (χ0n) is 11.9. The fourth-order valence-electron chi connectivity index (χ4n) is 2.41. The number of amides is 2. The quantitative estimate of drug-likeness (QED) is 0.760. The van der Waals surface area contributed by atoms with Crippen LogP contribution in [0.2, 0.25) is 0 Å². The van der Waals surface area contributed by atoms with Gasteiger partial charge in [0.2, 0.25) is 0 Å². The molecule has 0 fully saturated rings. The summed E-state index contributed by atoms with van der Waals surface area (Å²) in [4.78, 5) is 16.2. The van der Waals surface area contributed by atoms with Gasteiger partial charge in [-0.2, -0.15) is 0 Å². The van der Waals surface area contributed by atoms with Crippen LogP contribution in [0.3, 0.4) is 0 Å². The SMILES string of the molecule is O=C(Nc1ccc(-c2nccs2)cc1)N[C@@H]1C=C[C@H](CO)C1. The number of nitrogens with one attached hydrogen (secondary N) is 2. The molecule has 1 heterocycles. The van der Waals surface area contributed by atoms with E-state index in [2.05, 4.69) is 15.6 Å². The molecule has 2 atom stereocenters. The molecule has 2 aromatic rings. The molecule has 1 aromatic heterocycles. The van der Waals surface area contributed by atoms with Crippen LogP contribution in [0, 0.1) is 5.92 Å². The number of benzene rings is 1. The minimum absolute atomic E-state index is 0.0215. The number of urea groups is 1. The van der Waals surface area contributed by atoms with Crippen molar-refractivity contribution in [1.82, 2.24) is 10.3 Å². The highest BCUT2D eigenvalue weighted by molar-refractivity contribution is 7.13. The van der Waals surface area contributed by atoms with Gasteiger partial charge in [-0.3, -0.25) is 0 Å². The van der Waals surface area contributed by atoms with Gasteiger partial charge in [-0.15, -0.1) is 11.3 Å². The first kappa shape index (κ1) is 14.7. The van der Waals surface area contributed by atoms with Gasteiger partial charge in [-0.25, -0.2) is 9.78 Å². The Hall–Kier alpha value is -2.18. The van der Waals surface area contributed by atoms with E-state index >= 15 is 0 Å². The fraction of sp³-hybridized carbons (Fsp3) is 0.250. The number of aliphatic hydroxyl groups is 1. The number of nitrogens with zero attached hydrogens (tertiary/aromatic N) is 1. The second kappa shape index (κ2) is 6.72. The van der Waals surface area contributed by atoms with Gasteiger partial charge >= 0.3 is 6.03 Å². The summed E-state index contributed by atoms with van der Waals surface area (Å²) >= 11 is 1.58. The number of aromatic nitrogens is 1. The number of aliphatic hydroxyl groups excluding tert-OH is 1. The van der Waals surface area contributed by atoms with Crippen molar-refractivity contribution in [2.75, 3.05) is 11.9 Å². The van der Waals surface area contributed by atoms with Gasteiger partial charge < -0.3 is 15.7 Å². The van der Waals surface area contributed by atoms with E-state index in [9.17, 15) is 4.79 Å². The predicted molar refractivity (Wildman–Crippen MR) is 87.8 cm³/mol. The highest BCUT2D eigenvalue weighted by Crippen LogP contribution is 2.23. The molecule has 0 spiro atoms. The Morgan fingerprint density at radius 2 is 2.14 bits per heavy atom. The number of carbonyl (C=O) groups is 1. The minimum Gasteiger partial charge on any atom is -0.396 e. The van der Waals surface area contributed by atoms with Gasteiger partial charge in [0.25, 0.3) is 0 Å². The summed E-state index contributed by atoms with van der Waals surface area (Å²) in [5.74, 6) is 0.142. The zero-order chi connectivity index (χ0) is 15.4. The molecule has 0 aliphatic heterocycles. The van der Waals surface area contributed by atoms with Crippen molar-refractivity contribution in [3.63, 3.8) is 0 Å². The summed E-state index contributed by atoms with van der Waals surface area (Å²) < 4.78 is 0. The van der Waals surface area contributed by atoms with Crippen LogP contribution in [-0.4, -0.2) is 28.8 Å². The van der Waals surface area contributed by atoms with Gasteiger partial charge in [-0.05, 0) is 30.7 Å². The normalized spacial score (nSPS) is 20.0. The summed E-state index contributed by atoms with van der Waals surface area (Å²) in [5, 5.41) is 17.7. The van der Waals surface area contributed by atoms with Gasteiger partial charge in [-0.1, -0.05) is 12.2 Å². The standard InChI is InChI=1S/C16H17N3O2S/c20-10-11-1-4-14(9-11)19-16(21)18-13-5-2-12(3-6-13)15-17-7-8-22-15/h1-8,11,14,20H,9-10H2,(H2,18,19,21)/t11-,14+/m0/s1. The third kappa shape index (κ3) is 3.52. The molecule has 1 aliphatic carbocycles. The lowest BCUT2D eigenvalue weighted by Gasteiger charge is -2.13. The second-order valence-electron chi connectivity index (χ2n) is 5.18. The predicted octanol–water partition coefficient (Wildman–Crippen LogP) is 2.87. The summed E-state index contributed by atoms with van der Waals surface area (Å²) in [7, 11) is 0. The monoisotopic (exact) mass is 315 g/mol. The Kier molecular flexibility index (Phi) is 4.50. The summed E-state index contributed by atoms with van der Waals surface area (Å²) in [6.45, 7) is 0.120. The Balaban J connectivity index is 1.55. The number of rotatable bonds is 4. The Morgan fingerprint density at radius 3 is 2.77 bits per heavy atom. The number of carbonyl (C=O) groups excluding carboxylic acids is 1. The highest BCUT2D eigenvalue weighted by atomic mass is 32.1. The fourth-order valence-corrected chi connectivity index (χ4v) is 3.06. The molecule has 0 radical (unpaired) electrons. The van der Waals surface area contributed by atoms with Gasteiger partial charge in [0.1, 0.15) is 5.01 Å². The van der Waals surface area contributed by atoms with E-state index in [-0.39, 0.29) is 24.6 Å².